The lowest BCUT2D eigenvalue weighted by Crippen LogP contribution is -2.47. The first kappa shape index (κ1) is 17.4. The van der Waals surface area contributed by atoms with Gasteiger partial charge in [-0.2, -0.15) is 0 Å². The van der Waals surface area contributed by atoms with Crippen LogP contribution in [-0.2, 0) is 0 Å². The molecule has 1 atom stereocenters. The second-order valence-electron chi connectivity index (χ2n) is 4.33. The maximum Gasteiger partial charge on any atom is 0.254 e. The third-order valence-electron chi connectivity index (χ3n) is 2.66. The average Bonchev–Trinajstić information content (AvgIpc) is 2.47. The number of ether oxygens (including phenoxy) is 1. The van der Waals surface area contributed by atoms with Gasteiger partial charge < -0.3 is 10.1 Å². The minimum absolute atomic E-state index is 0.403. The van der Waals surface area contributed by atoms with Crippen molar-refractivity contribution in [3.8, 4) is 5.75 Å². The van der Waals surface area contributed by atoms with E-state index in [0.717, 1.165) is 4.47 Å². The number of amides is 1. The van der Waals surface area contributed by atoms with E-state index in [-0.39, 0.29) is 0 Å². The highest BCUT2D eigenvalue weighted by atomic mass is 79.9. The quantitative estimate of drug-likeness (QED) is 0.558. The van der Waals surface area contributed by atoms with Gasteiger partial charge in [0, 0.05) is 10.0 Å². The number of hydrogen-bond donors (Lipinski definition) is 1. The lowest BCUT2D eigenvalue weighted by Gasteiger charge is -2.26. The molecule has 0 aliphatic carbocycles. The topological polar surface area (TPSA) is 38.3 Å². The number of nitrogens with one attached hydrogen (secondary N) is 1. The van der Waals surface area contributed by atoms with Crippen LogP contribution in [0.2, 0.25) is 0 Å². The minimum Gasteiger partial charge on any atom is -0.466 e. The molecule has 116 valence electrons. The molecule has 0 saturated carbocycles. The van der Waals surface area contributed by atoms with E-state index in [1.807, 2.05) is 6.07 Å². The Kier molecular flexibility index (Phi) is 5.98. The van der Waals surface area contributed by atoms with Gasteiger partial charge in [0.2, 0.25) is 10.0 Å². The van der Waals surface area contributed by atoms with Gasteiger partial charge in [0.1, 0.15) is 5.75 Å². The van der Waals surface area contributed by atoms with Gasteiger partial charge in [0.15, 0.2) is 0 Å². The molecular formula is C15H11BrCl3NO2. The lowest BCUT2D eigenvalue weighted by molar-refractivity contribution is 0.0833. The normalized spacial score (nSPS) is 12.5. The fourth-order valence-corrected chi connectivity index (χ4v) is 2.18. The summed E-state index contributed by atoms with van der Waals surface area (Å²) in [6.45, 7) is 0. The molecule has 3 nitrogen and oxygen atoms in total. The minimum atomic E-state index is -1.82. The van der Waals surface area contributed by atoms with E-state index in [2.05, 4.69) is 21.2 Å². The van der Waals surface area contributed by atoms with E-state index < -0.39 is 15.9 Å². The Bertz CT molecular complexity index is 629. The summed E-state index contributed by atoms with van der Waals surface area (Å²) in [6.07, 6.45) is -1.13. The maximum absolute atomic E-state index is 12.2. The molecule has 0 unspecified atom stereocenters. The van der Waals surface area contributed by atoms with E-state index >= 15 is 0 Å². The summed E-state index contributed by atoms with van der Waals surface area (Å²) in [5, 5.41) is 2.57. The van der Waals surface area contributed by atoms with Gasteiger partial charge in [-0.25, -0.2) is 0 Å². The number of hydrogen-bond acceptors (Lipinski definition) is 2. The van der Waals surface area contributed by atoms with Crippen molar-refractivity contribution in [2.75, 3.05) is 0 Å². The molecular weight excluding hydrogens is 412 g/mol. The summed E-state index contributed by atoms with van der Waals surface area (Å²) in [7, 11) is 0. The van der Waals surface area contributed by atoms with Gasteiger partial charge >= 0.3 is 0 Å². The number of rotatable bonds is 4. The number of carbonyl (C=O) groups excluding carboxylic acids is 1. The van der Waals surface area contributed by atoms with Crippen LogP contribution in [0.25, 0.3) is 0 Å². The Hall–Kier alpha value is -0.940. The van der Waals surface area contributed by atoms with Crippen molar-refractivity contribution in [1.29, 1.82) is 0 Å². The Morgan fingerprint density at radius 3 is 2.18 bits per heavy atom. The number of halogens is 4. The third kappa shape index (κ3) is 5.06. The highest BCUT2D eigenvalue weighted by molar-refractivity contribution is 9.10. The van der Waals surface area contributed by atoms with E-state index in [9.17, 15) is 4.79 Å². The molecule has 0 aliphatic heterocycles. The van der Waals surface area contributed by atoms with Crippen LogP contribution in [0.1, 0.15) is 10.4 Å². The molecule has 1 amide bonds. The lowest BCUT2D eigenvalue weighted by atomic mass is 10.2. The molecule has 0 bridgehead atoms. The second-order valence-corrected chi connectivity index (χ2v) is 7.62. The zero-order valence-corrected chi connectivity index (χ0v) is 15.0. The summed E-state index contributed by atoms with van der Waals surface area (Å²) in [4.78, 5) is 12.2. The first-order valence-corrected chi connectivity index (χ1v) is 8.14. The fourth-order valence-electron chi connectivity index (χ4n) is 1.62. The monoisotopic (exact) mass is 421 g/mol. The Balaban J connectivity index is 2.13. The van der Waals surface area contributed by atoms with Crippen LogP contribution in [0.3, 0.4) is 0 Å². The third-order valence-corrected chi connectivity index (χ3v) is 3.79. The number of carbonyl (C=O) groups is 1. The predicted octanol–water partition coefficient (Wildman–Crippen LogP) is 4.95. The first-order chi connectivity index (χ1) is 10.4. The highest BCUT2D eigenvalue weighted by Gasteiger charge is 2.36. The Labute approximate surface area is 151 Å². The van der Waals surface area contributed by atoms with Crippen LogP contribution in [0.4, 0.5) is 0 Å². The van der Waals surface area contributed by atoms with Crippen molar-refractivity contribution < 1.29 is 9.53 Å². The van der Waals surface area contributed by atoms with Crippen LogP contribution < -0.4 is 10.1 Å². The molecule has 7 heteroatoms. The summed E-state index contributed by atoms with van der Waals surface area (Å²) < 4.78 is 4.60. The van der Waals surface area contributed by atoms with Crippen LogP contribution in [0.15, 0.2) is 59.1 Å². The van der Waals surface area contributed by atoms with Gasteiger partial charge in [-0.3, -0.25) is 4.79 Å². The van der Waals surface area contributed by atoms with Gasteiger partial charge in [-0.1, -0.05) is 68.9 Å². The van der Waals surface area contributed by atoms with Crippen LogP contribution in [0, 0.1) is 0 Å². The van der Waals surface area contributed by atoms with Crippen molar-refractivity contribution in [1.82, 2.24) is 5.32 Å². The summed E-state index contributed by atoms with van der Waals surface area (Å²) in [5.41, 5.74) is 0.430. The smallest absolute Gasteiger partial charge is 0.254 e. The number of alkyl halides is 3. The van der Waals surface area contributed by atoms with Gasteiger partial charge in [-0.05, 0) is 36.4 Å². The maximum atomic E-state index is 12.2. The number of benzene rings is 2. The molecule has 0 aliphatic rings. The summed E-state index contributed by atoms with van der Waals surface area (Å²) >= 11 is 21.0. The van der Waals surface area contributed by atoms with Gasteiger partial charge in [0.05, 0.1) is 0 Å². The summed E-state index contributed by atoms with van der Waals surface area (Å²) in [6, 6.07) is 15.6. The molecule has 0 aromatic heterocycles. The molecule has 22 heavy (non-hydrogen) atoms. The molecule has 1 N–H and O–H groups in total. The van der Waals surface area contributed by atoms with Crippen LogP contribution >= 0.6 is 50.7 Å². The van der Waals surface area contributed by atoms with E-state index in [4.69, 9.17) is 39.5 Å². The van der Waals surface area contributed by atoms with Gasteiger partial charge in [-0.15, -0.1) is 0 Å². The molecule has 2 rings (SSSR count). The van der Waals surface area contributed by atoms with Crippen molar-refractivity contribution in [2.45, 2.75) is 10.0 Å². The highest BCUT2D eigenvalue weighted by Crippen LogP contribution is 2.32. The van der Waals surface area contributed by atoms with Gasteiger partial charge in [0.25, 0.3) is 5.91 Å². The van der Waals surface area contributed by atoms with Crippen LogP contribution in [0.5, 0.6) is 5.75 Å². The van der Waals surface area contributed by atoms with Crippen molar-refractivity contribution >= 4 is 56.6 Å². The van der Waals surface area contributed by atoms with E-state index in [1.165, 1.54) is 0 Å². The first-order valence-electron chi connectivity index (χ1n) is 6.21. The van der Waals surface area contributed by atoms with E-state index in [1.54, 1.807) is 48.5 Å². The largest absolute Gasteiger partial charge is 0.466 e. The SMILES string of the molecule is O=C(N[C@H](Oc1ccccc1)C(Cl)(Cl)Cl)c1ccc(Br)cc1. The van der Waals surface area contributed by atoms with Crippen molar-refractivity contribution in [2.24, 2.45) is 0 Å². The number of para-hydroxylation sites is 1. The second kappa shape index (κ2) is 7.55. The zero-order chi connectivity index (χ0) is 16.2. The molecule has 2 aromatic rings. The fraction of sp³-hybridized carbons (Fsp3) is 0.133. The standard InChI is InChI=1S/C15H11BrCl3NO2/c16-11-8-6-10(7-9-11)13(21)20-14(15(17,18)19)22-12-4-2-1-3-5-12/h1-9,14H,(H,20,21)/t14-/m1/s1. The molecule has 0 heterocycles. The predicted molar refractivity (Wildman–Crippen MR) is 92.8 cm³/mol. The molecule has 0 saturated heterocycles. The van der Waals surface area contributed by atoms with Crippen molar-refractivity contribution in [3.05, 3.63) is 64.6 Å². The average molecular weight is 424 g/mol. The molecule has 0 radical (unpaired) electrons. The summed E-state index contributed by atoms with van der Waals surface area (Å²) in [5.74, 6) is 0.0784. The Morgan fingerprint density at radius 1 is 1.05 bits per heavy atom. The molecule has 0 fully saturated rings. The zero-order valence-electron chi connectivity index (χ0n) is 11.1. The van der Waals surface area contributed by atoms with E-state index in [0.29, 0.717) is 11.3 Å². The van der Waals surface area contributed by atoms with Crippen LogP contribution in [-0.4, -0.2) is 15.9 Å². The Morgan fingerprint density at radius 2 is 1.64 bits per heavy atom. The molecule has 0 spiro atoms. The van der Waals surface area contributed by atoms with Crippen molar-refractivity contribution in [3.63, 3.8) is 0 Å². The molecule has 2 aromatic carbocycles.